The maximum absolute atomic E-state index is 5.55. The molecule has 0 spiro atoms. The van der Waals surface area contributed by atoms with E-state index in [4.69, 9.17) is 15.2 Å². The van der Waals surface area contributed by atoms with Gasteiger partial charge in [-0.3, -0.25) is 5.43 Å². The molecule has 1 rings (SSSR count). The van der Waals surface area contributed by atoms with Crippen molar-refractivity contribution in [2.75, 3.05) is 13.7 Å². The molecule has 98 valence electrons. The molecule has 0 fully saturated rings. The van der Waals surface area contributed by atoms with E-state index in [9.17, 15) is 0 Å². The van der Waals surface area contributed by atoms with Gasteiger partial charge in [-0.1, -0.05) is 6.92 Å². The SMILES string of the molecule is CCCOc1ccc(/C=N\NC(N)=S)cc1OC. The molecular weight excluding hydrogens is 250 g/mol. The molecule has 18 heavy (non-hydrogen) atoms. The summed E-state index contributed by atoms with van der Waals surface area (Å²) in [5.74, 6) is 1.39. The summed E-state index contributed by atoms with van der Waals surface area (Å²) in [6.45, 7) is 2.71. The van der Waals surface area contributed by atoms with Crippen molar-refractivity contribution in [1.82, 2.24) is 5.43 Å². The van der Waals surface area contributed by atoms with Crippen LogP contribution >= 0.6 is 12.2 Å². The van der Waals surface area contributed by atoms with Crippen LogP contribution in [0, 0.1) is 0 Å². The summed E-state index contributed by atoms with van der Waals surface area (Å²) >= 11 is 4.64. The second-order valence-electron chi connectivity index (χ2n) is 3.49. The van der Waals surface area contributed by atoms with Crippen molar-refractivity contribution in [3.63, 3.8) is 0 Å². The molecule has 0 aromatic heterocycles. The van der Waals surface area contributed by atoms with E-state index >= 15 is 0 Å². The van der Waals surface area contributed by atoms with Crippen LogP contribution < -0.4 is 20.6 Å². The van der Waals surface area contributed by atoms with E-state index in [1.165, 1.54) is 0 Å². The lowest BCUT2D eigenvalue weighted by Gasteiger charge is -2.10. The summed E-state index contributed by atoms with van der Waals surface area (Å²) in [5.41, 5.74) is 8.60. The number of nitrogens with two attached hydrogens (primary N) is 1. The molecule has 0 unspecified atom stereocenters. The van der Waals surface area contributed by atoms with Crippen LogP contribution in [0.1, 0.15) is 18.9 Å². The van der Waals surface area contributed by atoms with E-state index in [1.54, 1.807) is 13.3 Å². The number of hydrogen-bond acceptors (Lipinski definition) is 4. The van der Waals surface area contributed by atoms with Crippen LogP contribution in [0.5, 0.6) is 11.5 Å². The molecule has 5 nitrogen and oxygen atoms in total. The van der Waals surface area contributed by atoms with Crippen molar-refractivity contribution in [1.29, 1.82) is 0 Å². The summed E-state index contributed by atoms with van der Waals surface area (Å²) in [5, 5.41) is 4.00. The van der Waals surface area contributed by atoms with E-state index < -0.39 is 0 Å². The lowest BCUT2D eigenvalue weighted by molar-refractivity contribution is 0.294. The highest BCUT2D eigenvalue weighted by molar-refractivity contribution is 7.80. The Morgan fingerprint density at radius 2 is 2.28 bits per heavy atom. The van der Waals surface area contributed by atoms with Gasteiger partial charge in [0, 0.05) is 0 Å². The topological polar surface area (TPSA) is 68.9 Å². The molecule has 1 aromatic carbocycles. The van der Waals surface area contributed by atoms with Gasteiger partial charge in [0.05, 0.1) is 19.9 Å². The van der Waals surface area contributed by atoms with E-state index in [0.29, 0.717) is 12.4 Å². The molecule has 0 heterocycles. The van der Waals surface area contributed by atoms with Gasteiger partial charge in [-0.2, -0.15) is 5.10 Å². The quantitative estimate of drug-likeness (QED) is 0.466. The lowest BCUT2D eigenvalue weighted by Crippen LogP contribution is -2.23. The molecule has 0 amide bonds. The molecule has 0 radical (unpaired) electrons. The van der Waals surface area contributed by atoms with Crippen LogP contribution in [-0.4, -0.2) is 25.0 Å². The molecule has 0 saturated carbocycles. The number of thiocarbonyl (C=S) groups is 1. The van der Waals surface area contributed by atoms with Crippen LogP contribution in [0.2, 0.25) is 0 Å². The first-order chi connectivity index (χ1) is 8.67. The third kappa shape index (κ3) is 4.58. The van der Waals surface area contributed by atoms with Crippen molar-refractivity contribution in [3.05, 3.63) is 23.8 Å². The zero-order valence-electron chi connectivity index (χ0n) is 10.5. The molecular formula is C12H17N3O2S. The molecule has 6 heteroatoms. The fourth-order valence-electron chi connectivity index (χ4n) is 1.27. The Morgan fingerprint density at radius 1 is 1.50 bits per heavy atom. The van der Waals surface area contributed by atoms with Crippen LogP contribution in [0.3, 0.4) is 0 Å². The molecule has 0 aliphatic carbocycles. The van der Waals surface area contributed by atoms with Gasteiger partial charge >= 0.3 is 0 Å². The average molecular weight is 267 g/mol. The number of benzene rings is 1. The third-order valence-corrected chi connectivity index (χ3v) is 2.13. The van der Waals surface area contributed by atoms with Gasteiger partial charge < -0.3 is 15.2 Å². The maximum Gasteiger partial charge on any atom is 0.184 e. The van der Waals surface area contributed by atoms with Gasteiger partial charge in [0.2, 0.25) is 0 Å². The number of nitrogens with one attached hydrogen (secondary N) is 1. The standard InChI is InChI=1S/C12H17N3O2S/c1-3-6-17-10-5-4-9(7-11(10)16-2)8-14-15-12(13)18/h4-5,7-8H,3,6H2,1-2H3,(H3,13,15,18)/b14-8-. The summed E-state index contributed by atoms with van der Waals surface area (Å²) in [4.78, 5) is 0. The normalized spacial score (nSPS) is 10.3. The van der Waals surface area contributed by atoms with Crippen LogP contribution in [0.4, 0.5) is 0 Å². The number of hydrazone groups is 1. The highest BCUT2D eigenvalue weighted by Crippen LogP contribution is 2.27. The van der Waals surface area contributed by atoms with Gasteiger partial charge in [0.15, 0.2) is 16.6 Å². The van der Waals surface area contributed by atoms with Crippen LogP contribution in [0.15, 0.2) is 23.3 Å². The fourth-order valence-corrected chi connectivity index (χ4v) is 1.32. The lowest BCUT2D eigenvalue weighted by atomic mass is 10.2. The number of ether oxygens (including phenoxy) is 2. The largest absolute Gasteiger partial charge is 0.493 e. The summed E-state index contributed by atoms with van der Waals surface area (Å²) in [6, 6.07) is 5.55. The number of nitrogens with zero attached hydrogens (tertiary/aromatic N) is 1. The Bertz CT molecular complexity index is 435. The second-order valence-corrected chi connectivity index (χ2v) is 3.93. The number of methoxy groups -OCH3 is 1. The van der Waals surface area contributed by atoms with Crippen molar-refractivity contribution < 1.29 is 9.47 Å². The molecule has 0 saturated heterocycles. The molecule has 1 aromatic rings. The highest BCUT2D eigenvalue weighted by atomic mass is 32.1. The molecule has 3 N–H and O–H groups in total. The minimum Gasteiger partial charge on any atom is -0.493 e. The van der Waals surface area contributed by atoms with Gasteiger partial charge in [0.25, 0.3) is 0 Å². The Kier molecular flexibility index (Phi) is 5.93. The minimum absolute atomic E-state index is 0.126. The zero-order valence-corrected chi connectivity index (χ0v) is 11.3. The van der Waals surface area contributed by atoms with E-state index in [-0.39, 0.29) is 5.11 Å². The molecule has 0 bridgehead atoms. The predicted molar refractivity (Wildman–Crippen MR) is 76.3 cm³/mol. The van der Waals surface area contributed by atoms with Crippen molar-refractivity contribution in [2.24, 2.45) is 10.8 Å². The van der Waals surface area contributed by atoms with Gasteiger partial charge in [-0.15, -0.1) is 0 Å². The van der Waals surface area contributed by atoms with Crippen molar-refractivity contribution in [3.8, 4) is 11.5 Å². The van der Waals surface area contributed by atoms with Gasteiger partial charge in [-0.25, -0.2) is 0 Å². The minimum atomic E-state index is 0.126. The predicted octanol–water partition coefficient (Wildman–Crippen LogP) is 1.65. The molecule has 0 aliphatic rings. The Morgan fingerprint density at radius 3 is 2.89 bits per heavy atom. The number of hydrogen-bond donors (Lipinski definition) is 2. The van der Waals surface area contributed by atoms with Crippen LogP contribution in [0.25, 0.3) is 0 Å². The van der Waals surface area contributed by atoms with E-state index in [1.807, 2.05) is 18.2 Å². The first-order valence-corrected chi connectivity index (χ1v) is 5.97. The third-order valence-electron chi connectivity index (χ3n) is 2.04. The maximum atomic E-state index is 5.55. The molecule has 0 aliphatic heterocycles. The zero-order chi connectivity index (χ0) is 13.4. The Hall–Kier alpha value is -1.82. The van der Waals surface area contributed by atoms with Crippen LogP contribution in [-0.2, 0) is 0 Å². The number of rotatable bonds is 6. The van der Waals surface area contributed by atoms with E-state index in [2.05, 4.69) is 29.7 Å². The molecule has 0 atom stereocenters. The van der Waals surface area contributed by atoms with Crippen molar-refractivity contribution >= 4 is 23.5 Å². The smallest absolute Gasteiger partial charge is 0.184 e. The monoisotopic (exact) mass is 267 g/mol. The van der Waals surface area contributed by atoms with Gasteiger partial charge in [-0.05, 0) is 42.4 Å². The van der Waals surface area contributed by atoms with E-state index in [0.717, 1.165) is 17.7 Å². The van der Waals surface area contributed by atoms with Crippen molar-refractivity contribution in [2.45, 2.75) is 13.3 Å². The summed E-state index contributed by atoms with van der Waals surface area (Å²) < 4.78 is 10.8. The second kappa shape index (κ2) is 7.50. The first kappa shape index (κ1) is 14.2. The van der Waals surface area contributed by atoms with Gasteiger partial charge in [0.1, 0.15) is 0 Å². The fraction of sp³-hybridized carbons (Fsp3) is 0.333. The summed E-state index contributed by atoms with van der Waals surface area (Å²) in [7, 11) is 1.60. The average Bonchev–Trinajstić information content (AvgIpc) is 2.36. The highest BCUT2D eigenvalue weighted by Gasteiger charge is 2.04. The first-order valence-electron chi connectivity index (χ1n) is 5.56. The Labute approximate surface area is 112 Å². The Balaban J connectivity index is 2.77. The summed E-state index contributed by atoms with van der Waals surface area (Å²) in [6.07, 6.45) is 2.55.